The number of fused-ring (bicyclic) bond motifs is 1. The molecule has 0 radical (unpaired) electrons. The van der Waals surface area contributed by atoms with Gasteiger partial charge in [0, 0.05) is 25.2 Å². The summed E-state index contributed by atoms with van der Waals surface area (Å²) in [7, 11) is 0. The number of nitrogens with one attached hydrogen (secondary N) is 2. The van der Waals surface area contributed by atoms with Crippen LogP contribution in [0, 0.1) is 6.92 Å². The number of benzene rings is 1. The van der Waals surface area contributed by atoms with Gasteiger partial charge in [-0.3, -0.25) is 0 Å². The summed E-state index contributed by atoms with van der Waals surface area (Å²) in [5.74, 6) is 0. The molecule has 1 aromatic carbocycles. The summed E-state index contributed by atoms with van der Waals surface area (Å²) in [5.41, 5.74) is 4.39. The van der Waals surface area contributed by atoms with Gasteiger partial charge in [-0.05, 0) is 37.3 Å². The third kappa shape index (κ3) is 2.28. The van der Waals surface area contributed by atoms with Gasteiger partial charge in [-0.15, -0.1) is 0 Å². The van der Waals surface area contributed by atoms with E-state index in [0.717, 1.165) is 19.1 Å². The number of hydrogen-bond donors (Lipinski definition) is 2. The first-order valence-corrected chi connectivity index (χ1v) is 6.36. The van der Waals surface area contributed by atoms with E-state index < -0.39 is 0 Å². The summed E-state index contributed by atoms with van der Waals surface area (Å²) in [6.45, 7) is 4.33. The van der Waals surface area contributed by atoms with Gasteiger partial charge in [0.25, 0.3) is 0 Å². The fourth-order valence-electron chi connectivity index (χ4n) is 2.45. The molecule has 0 amide bonds. The lowest BCUT2D eigenvalue weighted by molar-refractivity contribution is 0.446. The second-order valence-corrected chi connectivity index (χ2v) is 5.24. The average molecular weight is 216 g/mol. The molecule has 1 saturated carbocycles. The van der Waals surface area contributed by atoms with Crippen LogP contribution in [0.25, 0.3) is 0 Å². The number of hydrogen-bond acceptors (Lipinski definition) is 2. The van der Waals surface area contributed by atoms with E-state index in [2.05, 4.69) is 35.8 Å². The highest BCUT2D eigenvalue weighted by Crippen LogP contribution is 2.20. The van der Waals surface area contributed by atoms with E-state index in [-0.39, 0.29) is 0 Å². The lowest BCUT2D eigenvalue weighted by atomic mass is 9.94. The molecular formula is C14H20N2. The molecule has 16 heavy (non-hydrogen) atoms. The summed E-state index contributed by atoms with van der Waals surface area (Å²) >= 11 is 0. The van der Waals surface area contributed by atoms with E-state index in [0.29, 0.717) is 6.04 Å². The zero-order chi connectivity index (χ0) is 11.0. The highest BCUT2D eigenvalue weighted by Gasteiger charge is 2.23. The van der Waals surface area contributed by atoms with Crippen molar-refractivity contribution >= 4 is 0 Å². The van der Waals surface area contributed by atoms with Gasteiger partial charge in [-0.2, -0.15) is 0 Å². The molecule has 2 nitrogen and oxygen atoms in total. The highest BCUT2D eigenvalue weighted by atomic mass is 15.0. The second kappa shape index (κ2) is 4.19. The smallest absolute Gasteiger partial charge is 0.0236 e. The predicted molar refractivity (Wildman–Crippen MR) is 66.5 cm³/mol. The molecule has 0 bridgehead atoms. The van der Waals surface area contributed by atoms with Gasteiger partial charge < -0.3 is 10.6 Å². The lowest BCUT2D eigenvalue weighted by Crippen LogP contribution is -2.43. The first-order chi connectivity index (χ1) is 7.81. The van der Waals surface area contributed by atoms with Crippen LogP contribution in [0.15, 0.2) is 18.2 Å². The van der Waals surface area contributed by atoms with Crippen molar-refractivity contribution in [1.29, 1.82) is 0 Å². The van der Waals surface area contributed by atoms with Crippen molar-refractivity contribution < 1.29 is 0 Å². The molecule has 1 unspecified atom stereocenters. The van der Waals surface area contributed by atoms with Gasteiger partial charge in [-0.1, -0.05) is 23.8 Å². The number of rotatable bonds is 3. The molecule has 1 fully saturated rings. The monoisotopic (exact) mass is 216 g/mol. The second-order valence-electron chi connectivity index (χ2n) is 5.24. The Morgan fingerprint density at radius 1 is 1.31 bits per heavy atom. The molecule has 1 heterocycles. The zero-order valence-electron chi connectivity index (χ0n) is 9.92. The Bertz CT molecular complexity index is 382. The Morgan fingerprint density at radius 3 is 3.00 bits per heavy atom. The molecule has 2 heteroatoms. The summed E-state index contributed by atoms with van der Waals surface area (Å²) in [5, 5.41) is 7.23. The van der Waals surface area contributed by atoms with Crippen molar-refractivity contribution in [2.75, 3.05) is 6.54 Å². The van der Waals surface area contributed by atoms with Crippen LogP contribution in [0.5, 0.6) is 0 Å². The third-order valence-electron chi connectivity index (χ3n) is 3.64. The fraction of sp³-hybridized carbons (Fsp3) is 0.571. The van der Waals surface area contributed by atoms with Crippen LogP contribution >= 0.6 is 0 Å². The molecule has 86 valence electrons. The topological polar surface area (TPSA) is 24.1 Å². The Labute approximate surface area is 97.4 Å². The summed E-state index contributed by atoms with van der Waals surface area (Å²) < 4.78 is 0. The van der Waals surface area contributed by atoms with Crippen molar-refractivity contribution in [3.05, 3.63) is 34.9 Å². The van der Waals surface area contributed by atoms with E-state index in [1.165, 1.54) is 36.0 Å². The quantitative estimate of drug-likeness (QED) is 0.804. The Hall–Kier alpha value is -0.860. The largest absolute Gasteiger partial charge is 0.312 e. The van der Waals surface area contributed by atoms with Crippen LogP contribution in [0.2, 0.25) is 0 Å². The van der Waals surface area contributed by atoms with E-state index in [9.17, 15) is 0 Å². The fourth-order valence-corrected chi connectivity index (χ4v) is 2.45. The van der Waals surface area contributed by atoms with Crippen molar-refractivity contribution in [2.45, 2.75) is 44.8 Å². The van der Waals surface area contributed by atoms with E-state index >= 15 is 0 Å². The highest BCUT2D eigenvalue weighted by molar-refractivity contribution is 5.33. The van der Waals surface area contributed by atoms with Gasteiger partial charge in [0.1, 0.15) is 0 Å². The van der Waals surface area contributed by atoms with Crippen molar-refractivity contribution in [3.63, 3.8) is 0 Å². The molecule has 3 rings (SSSR count). The van der Waals surface area contributed by atoms with Gasteiger partial charge >= 0.3 is 0 Å². The molecular weight excluding hydrogens is 196 g/mol. The summed E-state index contributed by atoms with van der Waals surface area (Å²) in [6.07, 6.45) is 3.93. The van der Waals surface area contributed by atoms with Crippen molar-refractivity contribution in [2.24, 2.45) is 0 Å². The van der Waals surface area contributed by atoms with E-state index in [1.807, 2.05) is 0 Å². The van der Waals surface area contributed by atoms with Crippen LogP contribution < -0.4 is 10.6 Å². The molecule has 1 atom stereocenters. The molecule has 1 aliphatic heterocycles. The summed E-state index contributed by atoms with van der Waals surface area (Å²) in [6, 6.07) is 8.29. The van der Waals surface area contributed by atoms with Crippen LogP contribution in [-0.4, -0.2) is 18.6 Å². The van der Waals surface area contributed by atoms with Crippen LogP contribution in [-0.2, 0) is 13.0 Å². The maximum atomic E-state index is 3.62. The third-order valence-corrected chi connectivity index (χ3v) is 3.64. The van der Waals surface area contributed by atoms with Gasteiger partial charge in [0.05, 0.1) is 0 Å². The lowest BCUT2D eigenvalue weighted by Gasteiger charge is -2.26. The first-order valence-electron chi connectivity index (χ1n) is 6.36. The standard InChI is InChI=1S/C14H20N2/c1-10-2-3-11-7-14(9-16-13-4-5-13)15-8-12(11)6-10/h2-3,6,13-16H,4-5,7-9H2,1H3. The minimum Gasteiger partial charge on any atom is -0.312 e. The summed E-state index contributed by atoms with van der Waals surface area (Å²) in [4.78, 5) is 0. The van der Waals surface area contributed by atoms with Crippen LogP contribution in [0.4, 0.5) is 0 Å². The maximum absolute atomic E-state index is 3.62. The molecule has 1 aromatic rings. The Kier molecular flexibility index (Phi) is 2.70. The molecule has 2 aliphatic rings. The van der Waals surface area contributed by atoms with Crippen molar-refractivity contribution in [1.82, 2.24) is 10.6 Å². The van der Waals surface area contributed by atoms with Gasteiger partial charge in [0.15, 0.2) is 0 Å². The normalized spacial score (nSPS) is 24.2. The zero-order valence-corrected chi connectivity index (χ0v) is 9.92. The molecule has 0 saturated heterocycles. The first kappa shape index (κ1) is 10.3. The minimum atomic E-state index is 0.621. The van der Waals surface area contributed by atoms with Gasteiger partial charge in [-0.25, -0.2) is 0 Å². The number of aryl methyl sites for hydroxylation is 1. The van der Waals surface area contributed by atoms with Gasteiger partial charge in [0.2, 0.25) is 0 Å². The van der Waals surface area contributed by atoms with Crippen LogP contribution in [0.1, 0.15) is 29.5 Å². The van der Waals surface area contributed by atoms with Crippen LogP contribution in [0.3, 0.4) is 0 Å². The van der Waals surface area contributed by atoms with Crippen molar-refractivity contribution in [3.8, 4) is 0 Å². The molecule has 0 aromatic heterocycles. The molecule has 0 spiro atoms. The Balaban J connectivity index is 1.63. The average Bonchev–Trinajstić information content (AvgIpc) is 3.10. The SMILES string of the molecule is Cc1ccc2c(c1)CNC(CNC1CC1)C2. The maximum Gasteiger partial charge on any atom is 0.0236 e. The van der Waals surface area contributed by atoms with E-state index in [4.69, 9.17) is 0 Å². The molecule has 2 N–H and O–H groups in total. The minimum absolute atomic E-state index is 0.621. The van der Waals surface area contributed by atoms with E-state index in [1.54, 1.807) is 0 Å². The predicted octanol–water partition coefficient (Wildman–Crippen LogP) is 1.76. The molecule has 1 aliphatic carbocycles. The Morgan fingerprint density at radius 2 is 2.19 bits per heavy atom.